The first-order valence-corrected chi connectivity index (χ1v) is 9.37. The largest absolute Gasteiger partial charge is 0.338 e. The van der Waals surface area contributed by atoms with Crippen LogP contribution in [0.3, 0.4) is 0 Å². The highest BCUT2D eigenvalue weighted by Crippen LogP contribution is 2.21. The summed E-state index contributed by atoms with van der Waals surface area (Å²) in [6, 6.07) is 5.90. The molecule has 0 bridgehead atoms. The predicted octanol–water partition coefficient (Wildman–Crippen LogP) is 2.37. The SMILES string of the molecule is Cc1cc(C)cc(C(=O)N2CCC[C@H](C(=O)NC3=NCCS3)C2)c1. The molecule has 3 rings (SSSR count). The molecule has 2 aliphatic rings. The van der Waals surface area contributed by atoms with Gasteiger partial charge in [-0.25, -0.2) is 0 Å². The lowest BCUT2D eigenvalue weighted by molar-refractivity contribution is -0.124. The van der Waals surface area contributed by atoms with E-state index in [0.717, 1.165) is 41.4 Å². The molecule has 5 nitrogen and oxygen atoms in total. The third kappa shape index (κ3) is 3.98. The molecule has 0 aromatic heterocycles. The zero-order valence-corrected chi connectivity index (χ0v) is 15.0. The van der Waals surface area contributed by atoms with E-state index < -0.39 is 0 Å². The Morgan fingerprint density at radius 3 is 2.67 bits per heavy atom. The van der Waals surface area contributed by atoms with E-state index in [1.807, 2.05) is 30.9 Å². The topological polar surface area (TPSA) is 61.8 Å². The molecule has 1 fully saturated rings. The van der Waals surface area contributed by atoms with Crippen molar-refractivity contribution in [2.75, 3.05) is 25.4 Å². The number of amides is 2. The number of benzene rings is 1. The summed E-state index contributed by atoms with van der Waals surface area (Å²) in [4.78, 5) is 31.3. The number of aryl methyl sites for hydroxylation is 2. The van der Waals surface area contributed by atoms with Crippen LogP contribution in [0.4, 0.5) is 0 Å². The Labute approximate surface area is 146 Å². The first-order valence-electron chi connectivity index (χ1n) is 8.38. The second-order valence-corrected chi connectivity index (χ2v) is 7.57. The summed E-state index contributed by atoms with van der Waals surface area (Å²) in [6.45, 7) is 5.95. The average molecular weight is 345 g/mol. The van der Waals surface area contributed by atoms with Gasteiger partial charge in [0.1, 0.15) is 0 Å². The Bertz CT molecular complexity index is 667. The van der Waals surface area contributed by atoms with Gasteiger partial charge in [-0.1, -0.05) is 29.0 Å². The number of aliphatic imine (C=N–C) groups is 1. The molecule has 1 atom stereocenters. The lowest BCUT2D eigenvalue weighted by Crippen LogP contribution is -2.46. The van der Waals surface area contributed by atoms with Gasteiger partial charge in [0.2, 0.25) is 5.91 Å². The summed E-state index contributed by atoms with van der Waals surface area (Å²) in [6.07, 6.45) is 1.68. The highest BCUT2D eigenvalue weighted by atomic mass is 32.2. The number of rotatable bonds is 2. The molecule has 0 aliphatic carbocycles. The van der Waals surface area contributed by atoms with Gasteiger partial charge in [0, 0.05) is 24.4 Å². The van der Waals surface area contributed by atoms with Crippen molar-refractivity contribution in [3.8, 4) is 0 Å². The van der Waals surface area contributed by atoms with Crippen LogP contribution in [0.15, 0.2) is 23.2 Å². The van der Waals surface area contributed by atoms with Gasteiger partial charge in [-0.2, -0.15) is 0 Å². The van der Waals surface area contributed by atoms with Gasteiger partial charge in [0.05, 0.1) is 12.5 Å². The number of nitrogens with one attached hydrogen (secondary N) is 1. The van der Waals surface area contributed by atoms with E-state index >= 15 is 0 Å². The Kier molecular flexibility index (Phi) is 5.23. The normalized spacial score (nSPS) is 20.7. The summed E-state index contributed by atoms with van der Waals surface area (Å²) >= 11 is 1.58. The second kappa shape index (κ2) is 7.38. The maximum absolute atomic E-state index is 12.8. The molecule has 2 aliphatic heterocycles. The first-order chi connectivity index (χ1) is 11.5. The summed E-state index contributed by atoms with van der Waals surface area (Å²) in [5.74, 6) is 0.780. The highest BCUT2D eigenvalue weighted by molar-refractivity contribution is 8.14. The van der Waals surface area contributed by atoms with Crippen molar-refractivity contribution in [1.82, 2.24) is 10.2 Å². The number of piperidine rings is 1. The fourth-order valence-electron chi connectivity index (χ4n) is 3.27. The lowest BCUT2D eigenvalue weighted by atomic mass is 9.96. The summed E-state index contributed by atoms with van der Waals surface area (Å²) < 4.78 is 0. The van der Waals surface area contributed by atoms with Gasteiger partial charge in [0.25, 0.3) is 5.91 Å². The minimum Gasteiger partial charge on any atom is -0.338 e. The third-order valence-corrected chi connectivity index (χ3v) is 5.25. The van der Waals surface area contributed by atoms with Crippen LogP contribution in [0.2, 0.25) is 0 Å². The maximum Gasteiger partial charge on any atom is 0.253 e. The van der Waals surface area contributed by atoms with E-state index in [9.17, 15) is 9.59 Å². The van der Waals surface area contributed by atoms with E-state index in [1.165, 1.54) is 0 Å². The second-order valence-electron chi connectivity index (χ2n) is 6.49. The van der Waals surface area contributed by atoms with Gasteiger partial charge in [-0.3, -0.25) is 14.6 Å². The van der Waals surface area contributed by atoms with Crippen molar-refractivity contribution < 1.29 is 9.59 Å². The van der Waals surface area contributed by atoms with Gasteiger partial charge in [0.15, 0.2) is 5.17 Å². The third-order valence-electron chi connectivity index (χ3n) is 4.36. The number of carbonyl (C=O) groups is 2. The number of nitrogens with zero attached hydrogens (tertiary/aromatic N) is 2. The molecule has 0 spiro atoms. The van der Waals surface area contributed by atoms with Crippen molar-refractivity contribution >= 4 is 28.7 Å². The zero-order valence-electron chi connectivity index (χ0n) is 14.2. The minimum atomic E-state index is -0.155. The molecule has 24 heavy (non-hydrogen) atoms. The van der Waals surface area contributed by atoms with E-state index in [1.54, 1.807) is 11.8 Å². The summed E-state index contributed by atoms with van der Waals surface area (Å²) in [5, 5.41) is 3.62. The molecular weight excluding hydrogens is 322 g/mol. The molecule has 1 aromatic rings. The molecular formula is C18H23N3O2S. The molecule has 0 saturated carbocycles. The molecule has 1 N–H and O–H groups in total. The van der Waals surface area contributed by atoms with E-state index in [0.29, 0.717) is 18.7 Å². The van der Waals surface area contributed by atoms with Crippen molar-refractivity contribution in [3.05, 3.63) is 34.9 Å². The summed E-state index contributed by atoms with van der Waals surface area (Å²) in [7, 11) is 0. The van der Waals surface area contributed by atoms with Crippen LogP contribution in [-0.4, -0.2) is 47.3 Å². The fraction of sp³-hybridized carbons (Fsp3) is 0.500. The molecule has 6 heteroatoms. The lowest BCUT2D eigenvalue weighted by Gasteiger charge is -2.32. The molecule has 1 aromatic carbocycles. The Morgan fingerprint density at radius 1 is 1.25 bits per heavy atom. The number of carbonyl (C=O) groups excluding carboxylic acids is 2. The fourth-order valence-corrected chi connectivity index (χ4v) is 4.01. The van der Waals surface area contributed by atoms with Crippen LogP contribution in [0.5, 0.6) is 0 Å². The number of thioether (sulfide) groups is 1. The highest BCUT2D eigenvalue weighted by Gasteiger charge is 2.29. The van der Waals surface area contributed by atoms with Crippen molar-refractivity contribution in [2.24, 2.45) is 10.9 Å². The number of hydrogen-bond acceptors (Lipinski definition) is 4. The molecule has 2 amide bonds. The van der Waals surface area contributed by atoms with Gasteiger partial charge in [-0.15, -0.1) is 0 Å². The molecule has 128 valence electrons. The number of likely N-dealkylation sites (tertiary alicyclic amines) is 1. The van der Waals surface area contributed by atoms with E-state index in [-0.39, 0.29) is 17.7 Å². The van der Waals surface area contributed by atoms with Crippen LogP contribution in [0.25, 0.3) is 0 Å². The molecule has 2 heterocycles. The van der Waals surface area contributed by atoms with Crippen molar-refractivity contribution in [2.45, 2.75) is 26.7 Å². The molecule has 0 unspecified atom stereocenters. The minimum absolute atomic E-state index is 0.0129. The van der Waals surface area contributed by atoms with E-state index in [4.69, 9.17) is 0 Å². The number of hydrogen-bond donors (Lipinski definition) is 1. The first kappa shape index (κ1) is 17.0. The number of amidine groups is 1. The van der Waals surface area contributed by atoms with Gasteiger partial charge >= 0.3 is 0 Å². The van der Waals surface area contributed by atoms with Gasteiger partial charge in [-0.05, 0) is 38.8 Å². The average Bonchev–Trinajstić information content (AvgIpc) is 3.06. The molecule has 0 radical (unpaired) electrons. The van der Waals surface area contributed by atoms with Crippen LogP contribution in [0.1, 0.15) is 34.3 Å². The van der Waals surface area contributed by atoms with Crippen LogP contribution >= 0.6 is 11.8 Å². The Hall–Kier alpha value is -1.82. The van der Waals surface area contributed by atoms with Crippen LogP contribution in [-0.2, 0) is 4.79 Å². The van der Waals surface area contributed by atoms with Gasteiger partial charge < -0.3 is 10.2 Å². The molecule has 1 saturated heterocycles. The maximum atomic E-state index is 12.8. The van der Waals surface area contributed by atoms with Crippen LogP contribution < -0.4 is 5.32 Å². The van der Waals surface area contributed by atoms with E-state index in [2.05, 4.69) is 16.4 Å². The van der Waals surface area contributed by atoms with Crippen LogP contribution in [0, 0.1) is 19.8 Å². The Balaban J connectivity index is 1.66. The monoisotopic (exact) mass is 345 g/mol. The predicted molar refractivity (Wildman–Crippen MR) is 97.4 cm³/mol. The van der Waals surface area contributed by atoms with Crippen molar-refractivity contribution in [1.29, 1.82) is 0 Å². The Morgan fingerprint density at radius 2 is 2.00 bits per heavy atom. The zero-order chi connectivity index (χ0) is 17.1. The quantitative estimate of drug-likeness (QED) is 0.895. The smallest absolute Gasteiger partial charge is 0.253 e. The summed E-state index contributed by atoms with van der Waals surface area (Å²) in [5.41, 5.74) is 2.88. The van der Waals surface area contributed by atoms with Crippen molar-refractivity contribution in [3.63, 3.8) is 0 Å². The standard InChI is InChI=1S/C18H23N3O2S/c1-12-8-13(2)10-15(9-12)17(23)21-6-3-4-14(11-21)16(22)20-18-19-5-7-24-18/h8-10,14H,3-7,11H2,1-2H3,(H,19,20,22)/t14-/m0/s1.